The molecule has 1 unspecified atom stereocenters. The minimum absolute atomic E-state index is 0.00114. The number of carbonyl (C=O) groups is 4. The molecule has 1 aromatic carbocycles. The molecule has 1 saturated heterocycles. The smallest absolute Gasteiger partial charge is 0.467 e. The Morgan fingerprint density at radius 3 is 2.07 bits per heavy atom. The standard InChI is InChI=1S/C39H48ClIN6O11S/c1-21-24(17-53-39(31(48)52-11,25-18-59-20-43-25)16-22-12-14-23(41)15-13-22)54-30(27(21)55-35(51)58-38(8,9)10)46-19-42-26-28(46)44-32(40)45-29(26)47(33(49)56-36(2,3)4)34(50)57-37(5,6)7/h12-15,18-21,24,27,30H,16-17H2,1-11H3/t21-,24-,27-,30-,39?/m1/s1. The van der Waals surface area contributed by atoms with Gasteiger partial charge in [-0.05, 0) is 114 Å². The monoisotopic (exact) mass is 970 g/mol. The Bertz CT molecular complexity index is 2120. The van der Waals surface area contributed by atoms with E-state index in [1.807, 2.05) is 24.3 Å². The number of rotatable bonds is 10. The van der Waals surface area contributed by atoms with Gasteiger partial charge in [0, 0.05) is 21.3 Å². The van der Waals surface area contributed by atoms with E-state index in [0.29, 0.717) is 10.6 Å². The Morgan fingerprint density at radius 1 is 0.915 bits per heavy atom. The van der Waals surface area contributed by atoms with Gasteiger partial charge < -0.3 is 33.2 Å². The number of anilines is 1. The lowest BCUT2D eigenvalue weighted by atomic mass is 9.91. The number of hydrogen-bond acceptors (Lipinski definition) is 16. The summed E-state index contributed by atoms with van der Waals surface area (Å²) in [5.41, 5.74) is -1.96. The van der Waals surface area contributed by atoms with E-state index >= 15 is 0 Å². The van der Waals surface area contributed by atoms with Gasteiger partial charge in [-0.3, -0.25) is 4.57 Å². The average Bonchev–Trinajstić information content (AvgIpc) is 3.85. The van der Waals surface area contributed by atoms with Crippen molar-refractivity contribution < 1.29 is 52.3 Å². The maximum absolute atomic E-state index is 13.8. The van der Waals surface area contributed by atoms with Crippen LogP contribution in [0.1, 0.15) is 86.7 Å². The first kappa shape index (κ1) is 45.9. The van der Waals surface area contributed by atoms with Crippen LogP contribution in [0.4, 0.5) is 20.2 Å². The number of imidazole rings is 1. The molecule has 0 N–H and O–H groups in total. The molecule has 320 valence electrons. The van der Waals surface area contributed by atoms with E-state index in [9.17, 15) is 19.2 Å². The van der Waals surface area contributed by atoms with Crippen LogP contribution in [0.15, 0.2) is 41.5 Å². The molecule has 59 heavy (non-hydrogen) atoms. The molecule has 1 aliphatic rings. The Morgan fingerprint density at radius 2 is 1.53 bits per heavy atom. The van der Waals surface area contributed by atoms with Gasteiger partial charge in [0.25, 0.3) is 0 Å². The molecule has 4 aromatic rings. The maximum atomic E-state index is 13.8. The number of esters is 1. The molecule has 3 aromatic heterocycles. The Hall–Kier alpha value is -4.18. The highest BCUT2D eigenvalue weighted by Crippen LogP contribution is 2.41. The number of amides is 2. The quantitative estimate of drug-likeness (QED) is 0.0636. The van der Waals surface area contributed by atoms with Gasteiger partial charge in [0.2, 0.25) is 10.9 Å². The number of hydrogen-bond donors (Lipinski definition) is 0. The summed E-state index contributed by atoms with van der Waals surface area (Å²) < 4.78 is 43.6. The van der Waals surface area contributed by atoms with Gasteiger partial charge in [0.15, 0.2) is 29.3 Å². The van der Waals surface area contributed by atoms with E-state index < -0.39 is 71.1 Å². The maximum Gasteiger partial charge on any atom is 0.509 e. The van der Waals surface area contributed by atoms with E-state index in [2.05, 4.69) is 42.5 Å². The lowest BCUT2D eigenvalue weighted by Gasteiger charge is -2.31. The first-order valence-electron chi connectivity index (χ1n) is 18.5. The zero-order chi connectivity index (χ0) is 43.7. The van der Waals surface area contributed by atoms with Crippen LogP contribution in [0.2, 0.25) is 5.28 Å². The van der Waals surface area contributed by atoms with Crippen molar-refractivity contribution in [3.63, 3.8) is 0 Å². The number of aromatic nitrogens is 5. The first-order valence-corrected chi connectivity index (χ1v) is 20.9. The van der Waals surface area contributed by atoms with Gasteiger partial charge in [-0.1, -0.05) is 19.1 Å². The molecule has 17 nitrogen and oxygen atoms in total. The fraction of sp³-hybridized carbons (Fsp3) is 0.538. The third-order valence-corrected chi connectivity index (χ3v) is 10.0. The van der Waals surface area contributed by atoms with E-state index in [1.165, 1.54) is 29.3 Å². The van der Waals surface area contributed by atoms with Crippen molar-refractivity contribution in [3.8, 4) is 0 Å². The van der Waals surface area contributed by atoms with Gasteiger partial charge in [-0.2, -0.15) is 14.9 Å². The highest BCUT2D eigenvalue weighted by Gasteiger charge is 2.51. The molecule has 0 aliphatic carbocycles. The lowest BCUT2D eigenvalue weighted by molar-refractivity contribution is -0.179. The fourth-order valence-corrected chi connectivity index (χ4v) is 7.18. The van der Waals surface area contributed by atoms with Crippen LogP contribution < -0.4 is 4.90 Å². The summed E-state index contributed by atoms with van der Waals surface area (Å²) in [6.45, 7) is 16.5. The number of methoxy groups -OCH3 is 1. The van der Waals surface area contributed by atoms with Crippen molar-refractivity contribution in [2.24, 2.45) is 5.92 Å². The number of benzene rings is 1. The molecule has 20 heteroatoms. The molecule has 5 atom stereocenters. The number of ether oxygens (including phenoxy) is 7. The number of carbonyl (C=O) groups excluding carboxylic acids is 4. The summed E-state index contributed by atoms with van der Waals surface area (Å²) >= 11 is 9.98. The summed E-state index contributed by atoms with van der Waals surface area (Å²) in [6, 6.07) is 7.62. The number of fused-ring (bicyclic) bond motifs is 1. The minimum Gasteiger partial charge on any atom is -0.467 e. The second kappa shape index (κ2) is 17.8. The van der Waals surface area contributed by atoms with E-state index in [0.717, 1.165) is 9.13 Å². The summed E-state index contributed by atoms with van der Waals surface area (Å²) in [5.74, 6) is -1.63. The van der Waals surface area contributed by atoms with Crippen LogP contribution in [-0.4, -0.2) is 91.5 Å². The van der Waals surface area contributed by atoms with E-state index in [4.69, 9.17) is 44.8 Å². The minimum atomic E-state index is -1.69. The fourth-order valence-electron chi connectivity index (χ4n) is 6.04. The molecular formula is C39H48ClIN6O11S. The van der Waals surface area contributed by atoms with Crippen molar-refractivity contribution in [2.75, 3.05) is 18.6 Å². The molecular weight excluding hydrogens is 923 g/mol. The third-order valence-electron chi connectivity index (χ3n) is 8.56. The average molecular weight is 971 g/mol. The normalized spacial score (nSPS) is 19.5. The van der Waals surface area contributed by atoms with Crippen LogP contribution in [0, 0.1) is 9.49 Å². The van der Waals surface area contributed by atoms with Gasteiger partial charge in [-0.25, -0.2) is 29.1 Å². The SMILES string of the molecule is COC(=O)C(Cc1ccc(I)cc1)(OC[C@H]1O[C@@H](n2cnc3c(N(C(=O)OC(C)(C)C)C(=O)OC(C)(C)C)nc(Cl)nc32)[C@H](OC(=O)OC(C)(C)C)[C@@H]1C)c1cscn1. The van der Waals surface area contributed by atoms with E-state index in [-0.39, 0.29) is 35.3 Å². The van der Waals surface area contributed by atoms with Crippen LogP contribution in [0.25, 0.3) is 11.2 Å². The lowest BCUT2D eigenvalue weighted by Crippen LogP contribution is -2.44. The van der Waals surface area contributed by atoms with Gasteiger partial charge in [-0.15, -0.1) is 11.3 Å². The molecule has 2 amide bonds. The summed E-state index contributed by atoms with van der Waals surface area (Å²) in [6.07, 6.45) is -4.89. The molecule has 0 radical (unpaired) electrons. The zero-order valence-corrected chi connectivity index (χ0v) is 38.3. The van der Waals surface area contributed by atoms with Crippen LogP contribution in [0.3, 0.4) is 0 Å². The summed E-state index contributed by atoms with van der Waals surface area (Å²) in [4.78, 5) is 72.5. The highest BCUT2D eigenvalue weighted by molar-refractivity contribution is 14.1. The van der Waals surface area contributed by atoms with Crippen molar-refractivity contribution in [3.05, 3.63) is 61.6 Å². The molecule has 4 heterocycles. The predicted molar refractivity (Wildman–Crippen MR) is 224 cm³/mol. The molecule has 0 saturated carbocycles. The second-order valence-electron chi connectivity index (χ2n) is 16.7. The van der Waals surface area contributed by atoms with Gasteiger partial charge in [0.05, 0.1) is 37.4 Å². The van der Waals surface area contributed by atoms with Crippen molar-refractivity contribution in [1.29, 1.82) is 0 Å². The van der Waals surface area contributed by atoms with E-state index in [1.54, 1.807) is 80.1 Å². The van der Waals surface area contributed by atoms with Crippen molar-refractivity contribution in [1.82, 2.24) is 24.5 Å². The molecule has 0 bridgehead atoms. The van der Waals surface area contributed by atoms with Gasteiger partial charge in [0.1, 0.15) is 16.8 Å². The predicted octanol–water partition coefficient (Wildman–Crippen LogP) is 8.40. The third kappa shape index (κ3) is 11.2. The number of nitrogens with zero attached hydrogens (tertiary/aromatic N) is 6. The number of halogens is 2. The summed E-state index contributed by atoms with van der Waals surface area (Å²) in [7, 11) is 1.27. The topological polar surface area (TPSA) is 193 Å². The Kier molecular flexibility index (Phi) is 13.9. The van der Waals surface area contributed by atoms with Gasteiger partial charge >= 0.3 is 24.3 Å². The summed E-state index contributed by atoms with van der Waals surface area (Å²) in [5, 5.41) is 1.35. The first-order chi connectivity index (χ1) is 27.4. The molecule has 1 aliphatic heterocycles. The molecule has 1 fully saturated rings. The van der Waals surface area contributed by atoms with Crippen LogP contribution >= 0.6 is 45.5 Å². The largest absolute Gasteiger partial charge is 0.509 e. The number of imide groups is 1. The molecule has 5 rings (SSSR count). The molecule has 0 spiro atoms. The van der Waals surface area contributed by atoms with Crippen molar-refractivity contribution >= 4 is 86.8 Å². The number of thiazole rings is 1. The zero-order valence-electron chi connectivity index (χ0n) is 34.6. The van der Waals surface area contributed by atoms with Crippen LogP contribution in [0.5, 0.6) is 0 Å². The Labute approximate surface area is 364 Å². The van der Waals surface area contributed by atoms with Crippen LogP contribution in [-0.2, 0) is 50.0 Å². The van der Waals surface area contributed by atoms with Crippen molar-refractivity contribution in [2.45, 2.75) is 116 Å². The highest BCUT2D eigenvalue weighted by atomic mass is 127. The second-order valence-corrected chi connectivity index (χ2v) is 19.0. The Balaban J connectivity index is 1.58.